The molecule has 0 aliphatic heterocycles. The van der Waals surface area contributed by atoms with Gasteiger partial charge >= 0.3 is 0 Å². The smallest absolute Gasteiger partial charge is 0.225 e. The number of carbonyl (C=O) groups is 1. The third-order valence-electron chi connectivity index (χ3n) is 2.38. The fourth-order valence-corrected chi connectivity index (χ4v) is 1.76. The van der Waals surface area contributed by atoms with Crippen LogP contribution in [-0.2, 0) is 4.79 Å². The standard InChI is InChI=1S/C12H16BrN3O2S/c1-16(4-2-11(14)19)12(17)3-5-18-10-6-9(13)7-15-8-10/h6-8H,2-5H2,1H3,(H2,14,19). The van der Waals surface area contributed by atoms with Crippen LogP contribution in [0.3, 0.4) is 0 Å². The average molecular weight is 346 g/mol. The lowest BCUT2D eigenvalue weighted by Crippen LogP contribution is -2.30. The number of nitrogens with two attached hydrogens (primary N) is 1. The van der Waals surface area contributed by atoms with Crippen molar-refractivity contribution in [2.45, 2.75) is 12.8 Å². The van der Waals surface area contributed by atoms with Crippen molar-refractivity contribution in [1.29, 1.82) is 0 Å². The van der Waals surface area contributed by atoms with Crippen molar-refractivity contribution in [2.75, 3.05) is 20.2 Å². The molecule has 0 aromatic carbocycles. The Kier molecular flexibility index (Phi) is 6.72. The van der Waals surface area contributed by atoms with E-state index in [1.165, 1.54) is 0 Å². The van der Waals surface area contributed by atoms with Crippen LogP contribution in [0.1, 0.15) is 12.8 Å². The highest BCUT2D eigenvalue weighted by molar-refractivity contribution is 9.10. The highest BCUT2D eigenvalue weighted by Gasteiger charge is 2.09. The summed E-state index contributed by atoms with van der Waals surface area (Å²) in [5.74, 6) is 0.632. The fraction of sp³-hybridized carbons (Fsp3) is 0.417. The van der Waals surface area contributed by atoms with E-state index in [1.54, 1.807) is 30.4 Å². The zero-order valence-electron chi connectivity index (χ0n) is 10.6. The van der Waals surface area contributed by atoms with E-state index in [1.807, 2.05) is 0 Å². The summed E-state index contributed by atoms with van der Waals surface area (Å²) in [6, 6.07) is 1.80. The first kappa shape index (κ1) is 15.8. The maximum absolute atomic E-state index is 11.7. The van der Waals surface area contributed by atoms with Crippen LogP contribution in [0.5, 0.6) is 5.75 Å². The van der Waals surface area contributed by atoms with Crippen LogP contribution in [0.2, 0.25) is 0 Å². The van der Waals surface area contributed by atoms with Gasteiger partial charge < -0.3 is 15.4 Å². The molecular weight excluding hydrogens is 330 g/mol. The molecule has 0 aliphatic carbocycles. The number of rotatable bonds is 7. The second kappa shape index (κ2) is 8.06. The second-order valence-electron chi connectivity index (χ2n) is 3.97. The van der Waals surface area contributed by atoms with Crippen LogP contribution < -0.4 is 10.5 Å². The van der Waals surface area contributed by atoms with Crippen LogP contribution in [0.4, 0.5) is 0 Å². The second-order valence-corrected chi connectivity index (χ2v) is 5.41. The number of halogens is 1. The topological polar surface area (TPSA) is 68.5 Å². The van der Waals surface area contributed by atoms with Gasteiger partial charge in [0.1, 0.15) is 5.75 Å². The van der Waals surface area contributed by atoms with E-state index in [2.05, 4.69) is 20.9 Å². The minimum absolute atomic E-state index is 0.000735. The lowest BCUT2D eigenvalue weighted by Gasteiger charge is -2.16. The average Bonchev–Trinajstić information content (AvgIpc) is 2.35. The molecule has 1 aromatic rings. The number of ether oxygens (including phenoxy) is 1. The summed E-state index contributed by atoms with van der Waals surface area (Å²) >= 11 is 8.07. The minimum Gasteiger partial charge on any atom is -0.491 e. The van der Waals surface area contributed by atoms with Crippen molar-refractivity contribution in [1.82, 2.24) is 9.88 Å². The minimum atomic E-state index is -0.000735. The van der Waals surface area contributed by atoms with E-state index < -0.39 is 0 Å². The summed E-state index contributed by atoms with van der Waals surface area (Å²) in [6.07, 6.45) is 4.11. The van der Waals surface area contributed by atoms with Gasteiger partial charge in [0.05, 0.1) is 24.2 Å². The molecule has 5 nitrogen and oxygen atoms in total. The Bertz CT molecular complexity index is 456. The third kappa shape index (κ3) is 6.49. The van der Waals surface area contributed by atoms with Crippen molar-refractivity contribution in [2.24, 2.45) is 5.73 Å². The lowest BCUT2D eigenvalue weighted by atomic mass is 10.3. The number of carbonyl (C=O) groups excluding carboxylic acids is 1. The Labute approximate surface area is 126 Å². The van der Waals surface area contributed by atoms with E-state index in [0.29, 0.717) is 36.7 Å². The molecule has 1 heterocycles. The van der Waals surface area contributed by atoms with Gasteiger partial charge in [0.25, 0.3) is 0 Å². The maximum atomic E-state index is 11.7. The van der Waals surface area contributed by atoms with Crippen LogP contribution in [0.15, 0.2) is 22.9 Å². The first-order valence-corrected chi connectivity index (χ1v) is 6.95. The van der Waals surface area contributed by atoms with Gasteiger partial charge in [-0.15, -0.1) is 0 Å². The predicted octanol–water partition coefficient (Wildman–Crippen LogP) is 1.75. The van der Waals surface area contributed by atoms with E-state index >= 15 is 0 Å². The number of thiocarbonyl (C=S) groups is 1. The quantitative estimate of drug-likeness (QED) is 0.762. The number of pyridine rings is 1. The molecule has 0 fully saturated rings. The number of amides is 1. The van der Waals surface area contributed by atoms with Gasteiger partial charge in [0, 0.05) is 30.7 Å². The predicted molar refractivity (Wildman–Crippen MR) is 81.1 cm³/mol. The molecule has 104 valence electrons. The highest BCUT2D eigenvalue weighted by Crippen LogP contribution is 2.15. The van der Waals surface area contributed by atoms with Crippen molar-refractivity contribution in [3.63, 3.8) is 0 Å². The molecular formula is C12H16BrN3O2S. The Morgan fingerprint density at radius 1 is 1.53 bits per heavy atom. The Morgan fingerprint density at radius 2 is 2.26 bits per heavy atom. The van der Waals surface area contributed by atoms with Crippen LogP contribution >= 0.6 is 28.1 Å². The van der Waals surface area contributed by atoms with Crippen LogP contribution in [0, 0.1) is 0 Å². The normalized spacial score (nSPS) is 10.0. The fourth-order valence-electron chi connectivity index (χ4n) is 1.32. The Morgan fingerprint density at radius 3 is 2.89 bits per heavy atom. The largest absolute Gasteiger partial charge is 0.491 e. The summed E-state index contributed by atoms with van der Waals surface area (Å²) in [6.45, 7) is 0.848. The molecule has 1 amide bonds. The van der Waals surface area contributed by atoms with E-state index in [9.17, 15) is 4.79 Å². The number of hydrogen-bond acceptors (Lipinski definition) is 4. The first-order chi connectivity index (χ1) is 8.99. The van der Waals surface area contributed by atoms with Gasteiger partial charge in [-0.3, -0.25) is 9.78 Å². The Balaban J connectivity index is 2.28. The number of nitrogens with zero attached hydrogens (tertiary/aromatic N) is 2. The zero-order chi connectivity index (χ0) is 14.3. The monoisotopic (exact) mass is 345 g/mol. The van der Waals surface area contributed by atoms with Gasteiger partial charge in [-0.25, -0.2) is 0 Å². The third-order valence-corrected chi connectivity index (χ3v) is 3.02. The molecule has 0 spiro atoms. The summed E-state index contributed by atoms with van der Waals surface area (Å²) < 4.78 is 6.28. The van der Waals surface area contributed by atoms with Crippen molar-refractivity contribution in [3.05, 3.63) is 22.9 Å². The van der Waals surface area contributed by atoms with Gasteiger partial charge in [-0.1, -0.05) is 12.2 Å². The zero-order valence-corrected chi connectivity index (χ0v) is 13.0. The van der Waals surface area contributed by atoms with Crippen LogP contribution in [-0.4, -0.2) is 41.0 Å². The highest BCUT2D eigenvalue weighted by atomic mass is 79.9. The SMILES string of the molecule is CN(CCC(N)=S)C(=O)CCOc1cncc(Br)c1. The maximum Gasteiger partial charge on any atom is 0.225 e. The van der Waals surface area contributed by atoms with Gasteiger partial charge in [0.2, 0.25) is 5.91 Å². The molecule has 1 aromatic heterocycles. The molecule has 0 radical (unpaired) electrons. The molecule has 0 aliphatic rings. The lowest BCUT2D eigenvalue weighted by molar-refractivity contribution is -0.130. The number of hydrogen-bond donors (Lipinski definition) is 1. The van der Waals surface area contributed by atoms with Crippen molar-refractivity contribution in [3.8, 4) is 5.75 Å². The number of aromatic nitrogens is 1. The molecule has 19 heavy (non-hydrogen) atoms. The summed E-state index contributed by atoms with van der Waals surface area (Å²) in [4.78, 5) is 17.7. The molecule has 7 heteroatoms. The molecule has 0 saturated carbocycles. The van der Waals surface area contributed by atoms with Crippen LogP contribution in [0.25, 0.3) is 0 Å². The van der Waals surface area contributed by atoms with Crippen molar-refractivity contribution >= 4 is 39.0 Å². The summed E-state index contributed by atoms with van der Waals surface area (Å²) in [5, 5.41) is 0. The molecule has 2 N–H and O–H groups in total. The first-order valence-electron chi connectivity index (χ1n) is 5.74. The summed E-state index contributed by atoms with van der Waals surface area (Å²) in [7, 11) is 1.72. The van der Waals surface area contributed by atoms with Gasteiger partial charge in [-0.2, -0.15) is 0 Å². The molecule has 0 saturated heterocycles. The van der Waals surface area contributed by atoms with Gasteiger partial charge in [0.15, 0.2) is 0 Å². The van der Waals surface area contributed by atoms with Gasteiger partial charge in [-0.05, 0) is 22.0 Å². The molecule has 0 atom stereocenters. The summed E-state index contributed by atoms with van der Waals surface area (Å²) in [5.41, 5.74) is 5.39. The van der Waals surface area contributed by atoms with E-state index in [0.717, 1.165) is 4.47 Å². The van der Waals surface area contributed by atoms with Crippen molar-refractivity contribution < 1.29 is 9.53 Å². The van der Waals surface area contributed by atoms with E-state index in [4.69, 9.17) is 22.7 Å². The Hall–Kier alpha value is -1.21. The molecule has 0 bridgehead atoms. The molecule has 0 unspecified atom stereocenters. The van der Waals surface area contributed by atoms with E-state index in [-0.39, 0.29) is 5.91 Å². The molecule has 1 rings (SSSR count).